The highest BCUT2D eigenvalue weighted by atomic mass is 32.1. The van der Waals surface area contributed by atoms with Crippen molar-refractivity contribution in [3.05, 3.63) is 87.3 Å². The van der Waals surface area contributed by atoms with Crippen molar-refractivity contribution in [3.8, 4) is 11.5 Å². The van der Waals surface area contributed by atoms with Gasteiger partial charge in [0.05, 0.1) is 5.69 Å². The smallest absolute Gasteiger partial charge is 0.262 e. The van der Waals surface area contributed by atoms with Crippen LogP contribution in [0.5, 0.6) is 11.5 Å². The highest BCUT2D eigenvalue weighted by Crippen LogP contribution is 2.20. The number of hydrogen-bond acceptors (Lipinski definition) is 6. The Kier molecular flexibility index (Phi) is 5.99. The number of para-hydroxylation sites is 1. The third-order valence-electron chi connectivity index (χ3n) is 4.59. The number of carbonyl (C=O) groups excluding carboxylic acids is 1. The zero-order valence-corrected chi connectivity index (χ0v) is 17.9. The summed E-state index contributed by atoms with van der Waals surface area (Å²) in [5, 5.41) is 4.69. The molecule has 1 N–H and O–H groups in total. The first-order chi connectivity index (χ1) is 15.0. The Morgan fingerprint density at radius 2 is 1.94 bits per heavy atom. The second-order valence-corrected chi connectivity index (χ2v) is 7.84. The predicted octanol–water partition coefficient (Wildman–Crippen LogP) is 3.97. The average Bonchev–Trinajstić information content (AvgIpc) is 3.13. The van der Waals surface area contributed by atoms with Crippen LogP contribution in [0.2, 0.25) is 0 Å². The van der Waals surface area contributed by atoms with E-state index in [0.29, 0.717) is 27.8 Å². The van der Waals surface area contributed by atoms with E-state index in [-0.39, 0.29) is 24.7 Å². The molecule has 7 nitrogen and oxygen atoms in total. The van der Waals surface area contributed by atoms with Crippen LogP contribution in [0.15, 0.2) is 64.8 Å². The van der Waals surface area contributed by atoms with Gasteiger partial charge in [0.25, 0.3) is 11.5 Å². The third-order valence-corrected chi connectivity index (χ3v) is 5.53. The van der Waals surface area contributed by atoms with Crippen LogP contribution in [0, 0.1) is 13.8 Å². The molecule has 2 aromatic carbocycles. The van der Waals surface area contributed by atoms with Crippen LogP contribution in [-0.2, 0) is 11.4 Å². The van der Waals surface area contributed by atoms with Gasteiger partial charge in [-0.05, 0) is 37.6 Å². The van der Waals surface area contributed by atoms with Gasteiger partial charge in [0, 0.05) is 28.9 Å². The monoisotopic (exact) mass is 435 g/mol. The highest BCUT2D eigenvalue weighted by molar-refractivity contribution is 7.15. The Labute approximate surface area is 182 Å². The number of aromatic nitrogens is 2. The van der Waals surface area contributed by atoms with Crippen molar-refractivity contribution in [1.29, 1.82) is 0 Å². The molecule has 4 aromatic rings. The van der Waals surface area contributed by atoms with E-state index in [1.807, 2.05) is 43.5 Å². The Hall–Kier alpha value is -3.65. The van der Waals surface area contributed by atoms with Crippen LogP contribution >= 0.6 is 11.3 Å². The quantitative estimate of drug-likeness (QED) is 0.475. The molecule has 0 spiro atoms. The van der Waals surface area contributed by atoms with Gasteiger partial charge in [-0.3, -0.25) is 14.0 Å². The predicted molar refractivity (Wildman–Crippen MR) is 120 cm³/mol. The van der Waals surface area contributed by atoms with E-state index in [0.717, 1.165) is 11.3 Å². The third kappa shape index (κ3) is 4.92. The molecule has 4 rings (SSSR count). The van der Waals surface area contributed by atoms with Crippen molar-refractivity contribution >= 4 is 27.9 Å². The fraction of sp³-hybridized carbons (Fsp3) is 0.174. The van der Waals surface area contributed by atoms with Gasteiger partial charge in [0.1, 0.15) is 18.1 Å². The van der Waals surface area contributed by atoms with Crippen LogP contribution in [-0.4, -0.2) is 21.9 Å². The first kappa shape index (κ1) is 20.6. The van der Waals surface area contributed by atoms with Gasteiger partial charge in [-0.2, -0.15) is 0 Å². The summed E-state index contributed by atoms with van der Waals surface area (Å²) < 4.78 is 12.9. The molecule has 8 heteroatoms. The SMILES string of the molecule is Cc1ccccc1OCC(=O)Nc1cccc(OCc2cc(=O)n3c(C)csc3n2)c1. The number of amides is 1. The lowest BCUT2D eigenvalue weighted by molar-refractivity contribution is -0.118. The largest absolute Gasteiger partial charge is 0.487 e. The number of fused-ring (bicyclic) bond motifs is 1. The Morgan fingerprint density at radius 3 is 2.77 bits per heavy atom. The minimum absolute atomic E-state index is 0.0932. The molecule has 2 heterocycles. The number of carbonyl (C=O) groups is 1. The van der Waals surface area contributed by atoms with Crippen LogP contribution in [0.4, 0.5) is 5.69 Å². The number of thiazole rings is 1. The first-order valence-electron chi connectivity index (χ1n) is 9.67. The molecule has 0 aliphatic rings. The van der Waals surface area contributed by atoms with Gasteiger partial charge in [0.2, 0.25) is 0 Å². The van der Waals surface area contributed by atoms with E-state index in [2.05, 4.69) is 10.3 Å². The normalized spacial score (nSPS) is 10.8. The van der Waals surface area contributed by atoms with Crippen LogP contribution < -0.4 is 20.3 Å². The molecule has 2 aromatic heterocycles. The summed E-state index contributed by atoms with van der Waals surface area (Å²) in [6.45, 7) is 3.85. The van der Waals surface area contributed by atoms with E-state index in [1.54, 1.807) is 28.7 Å². The molecule has 0 unspecified atom stereocenters. The van der Waals surface area contributed by atoms with Gasteiger partial charge < -0.3 is 14.8 Å². The fourth-order valence-electron chi connectivity index (χ4n) is 3.05. The molecule has 0 radical (unpaired) electrons. The van der Waals surface area contributed by atoms with E-state index in [4.69, 9.17) is 9.47 Å². The zero-order chi connectivity index (χ0) is 21.8. The summed E-state index contributed by atoms with van der Waals surface area (Å²) in [5.41, 5.74) is 2.84. The second-order valence-electron chi connectivity index (χ2n) is 7.00. The zero-order valence-electron chi connectivity index (χ0n) is 17.1. The van der Waals surface area contributed by atoms with E-state index in [9.17, 15) is 9.59 Å². The number of nitrogens with one attached hydrogen (secondary N) is 1. The molecular formula is C23H21N3O4S. The molecule has 0 saturated heterocycles. The van der Waals surface area contributed by atoms with Crippen molar-refractivity contribution in [2.45, 2.75) is 20.5 Å². The number of benzene rings is 2. The van der Waals surface area contributed by atoms with Gasteiger partial charge >= 0.3 is 0 Å². The van der Waals surface area contributed by atoms with Crippen molar-refractivity contribution in [3.63, 3.8) is 0 Å². The maximum absolute atomic E-state index is 12.3. The minimum atomic E-state index is -0.270. The standard InChI is InChI=1S/C23H21N3O4S/c1-15-6-3-4-9-20(15)30-13-21(27)24-17-7-5-8-19(10-17)29-12-18-11-22(28)26-16(2)14-31-23(26)25-18/h3-11,14H,12-13H2,1-2H3,(H,24,27). The maximum Gasteiger partial charge on any atom is 0.262 e. The summed E-state index contributed by atoms with van der Waals surface area (Å²) in [4.78, 5) is 29.6. The summed E-state index contributed by atoms with van der Waals surface area (Å²) in [6, 6.07) is 16.0. The van der Waals surface area contributed by atoms with E-state index >= 15 is 0 Å². The lowest BCUT2D eigenvalue weighted by atomic mass is 10.2. The molecule has 31 heavy (non-hydrogen) atoms. The van der Waals surface area contributed by atoms with Crippen LogP contribution in [0.25, 0.3) is 4.96 Å². The minimum Gasteiger partial charge on any atom is -0.487 e. The number of nitrogens with zero attached hydrogens (tertiary/aromatic N) is 2. The second kappa shape index (κ2) is 9.01. The number of hydrogen-bond donors (Lipinski definition) is 1. The molecule has 0 aliphatic heterocycles. The summed E-state index contributed by atoms with van der Waals surface area (Å²) >= 11 is 1.41. The Morgan fingerprint density at radius 1 is 1.10 bits per heavy atom. The van der Waals surface area contributed by atoms with Gasteiger partial charge in [-0.15, -0.1) is 11.3 Å². The lowest BCUT2D eigenvalue weighted by Gasteiger charge is -2.11. The molecule has 1 amide bonds. The summed E-state index contributed by atoms with van der Waals surface area (Å²) in [5.74, 6) is 0.964. The van der Waals surface area contributed by atoms with Gasteiger partial charge in [-0.25, -0.2) is 4.98 Å². The van der Waals surface area contributed by atoms with E-state index in [1.165, 1.54) is 17.4 Å². The Balaban J connectivity index is 1.36. The van der Waals surface area contributed by atoms with Gasteiger partial charge in [0.15, 0.2) is 11.6 Å². The molecule has 0 atom stereocenters. The van der Waals surface area contributed by atoms with Crippen LogP contribution in [0.1, 0.15) is 17.0 Å². The molecule has 158 valence electrons. The van der Waals surface area contributed by atoms with E-state index < -0.39 is 0 Å². The van der Waals surface area contributed by atoms with Crippen molar-refractivity contribution in [2.24, 2.45) is 0 Å². The van der Waals surface area contributed by atoms with Crippen LogP contribution in [0.3, 0.4) is 0 Å². The molecule has 0 bridgehead atoms. The average molecular weight is 436 g/mol. The lowest BCUT2D eigenvalue weighted by Crippen LogP contribution is -2.20. The highest BCUT2D eigenvalue weighted by Gasteiger charge is 2.09. The topological polar surface area (TPSA) is 81.9 Å². The summed E-state index contributed by atoms with van der Waals surface area (Å²) in [6.07, 6.45) is 0. The molecule has 0 saturated carbocycles. The molecular weight excluding hydrogens is 414 g/mol. The number of ether oxygens (including phenoxy) is 2. The number of aryl methyl sites for hydroxylation is 2. The number of rotatable bonds is 7. The molecule has 0 aliphatic carbocycles. The van der Waals surface area contributed by atoms with Crippen molar-refractivity contribution < 1.29 is 14.3 Å². The van der Waals surface area contributed by atoms with Gasteiger partial charge in [-0.1, -0.05) is 24.3 Å². The fourth-order valence-corrected chi connectivity index (χ4v) is 3.95. The first-order valence-corrected chi connectivity index (χ1v) is 10.6. The van der Waals surface area contributed by atoms with Crippen molar-refractivity contribution in [2.75, 3.05) is 11.9 Å². The summed E-state index contributed by atoms with van der Waals surface area (Å²) in [7, 11) is 0. The number of anilines is 1. The Bertz CT molecular complexity index is 1300. The molecule has 0 fully saturated rings. The van der Waals surface area contributed by atoms with Crippen molar-refractivity contribution in [1.82, 2.24) is 9.38 Å². The maximum atomic E-state index is 12.3.